The highest BCUT2D eigenvalue weighted by molar-refractivity contribution is 5.89. The average molecular weight is 753 g/mol. The van der Waals surface area contributed by atoms with Crippen molar-refractivity contribution in [2.45, 2.75) is 61.4 Å². The fraction of sp³-hybridized carbons (Fsp3) is 0.316. The Balaban J connectivity index is 0.000000208. The lowest BCUT2D eigenvalue weighted by Crippen LogP contribution is -2.60. The first kappa shape index (κ1) is 40.2. The van der Waals surface area contributed by atoms with E-state index in [-0.39, 0.29) is 11.3 Å². The van der Waals surface area contributed by atoms with E-state index in [0.717, 1.165) is 0 Å². The molecule has 0 amide bonds. The summed E-state index contributed by atoms with van der Waals surface area (Å²) in [6.07, 6.45) is -13.9. The van der Waals surface area contributed by atoms with Crippen molar-refractivity contribution in [2.75, 3.05) is 13.2 Å². The number of rotatable bonds is 11. The summed E-state index contributed by atoms with van der Waals surface area (Å²) in [4.78, 5) is 21.8. The van der Waals surface area contributed by atoms with Crippen molar-refractivity contribution >= 4 is 12.4 Å². The third-order valence-electron chi connectivity index (χ3n) is 8.71. The van der Waals surface area contributed by atoms with Gasteiger partial charge in [-0.1, -0.05) is 60.7 Å². The molecule has 9 N–H and O–H groups in total. The maximum Gasteiger partial charge on any atom is 0.335 e. The second-order valence-corrected chi connectivity index (χ2v) is 12.3. The van der Waals surface area contributed by atoms with Crippen molar-refractivity contribution in [3.05, 3.63) is 103 Å². The van der Waals surface area contributed by atoms with Gasteiger partial charge in [0.1, 0.15) is 66.1 Å². The van der Waals surface area contributed by atoms with Crippen molar-refractivity contribution < 1.29 is 79.2 Å². The standard InChI is InChI=1S/2C19H20O8/c20-9-15-16(22)17(23)18(24)19(27-15)26-14-7-2-1-6-13(14)11-4-3-5-12(8-11)25-10-21;20-9-14-15(21)16(22)17(23)19(27-14)26-13-7-2-1-6-12(13)10-4-3-5-11(8-10)18(24)25/h1-8,10,15-20,22-24H,9H2;1-8,14-17,19-23H,9H2,(H,24,25). The Hall–Kier alpha value is -4.98. The first-order chi connectivity index (χ1) is 26.0. The molecule has 2 aliphatic rings. The predicted octanol–water partition coefficient (Wildman–Crippen LogP) is 0.298. The van der Waals surface area contributed by atoms with E-state index in [0.29, 0.717) is 40.2 Å². The van der Waals surface area contributed by atoms with Crippen LogP contribution in [0.1, 0.15) is 10.4 Å². The fourth-order valence-corrected chi connectivity index (χ4v) is 5.81. The smallest absolute Gasteiger partial charge is 0.335 e. The van der Waals surface area contributed by atoms with Gasteiger partial charge in [0.25, 0.3) is 6.47 Å². The minimum atomic E-state index is -1.55. The fourth-order valence-electron chi connectivity index (χ4n) is 5.81. The van der Waals surface area contributed by atoms with Crippen LogP contribution < -0.4 is 14.2 Å². The van der Waals surface area contributed by atoms with Crippen LogP contribution in [-0.2, 0) is 14.3 Å². The van der Waals surface area contributed by atoms with E-state index in [1.54, 1.807) is 84.9 Å². The summed E-state index contributed by atoms with van der Waals surface area (Å²) in [5, 5.41) is 87.5. The molecule has 16 nitrogen and oxygen atoms in total. The first-order valence-electron chi connectivity index (χ1n) is 16.6. The van der Waals surface area contributed by atoms with Gasteiger partial charge < -0.3 is 69.6 Å². The summed E-state index contributed by atoms with van der Waals surface area (Å²) in [6.45, 7) is -0.778. The van der Waals surface area contributed by atoms with Crippen LogP contribution in [0.2, 0.25) is 0 Å². The maximum absolute atomic E-state index is 11.2. The summed E-state index contributed by atoms with van der Waals surface area (Å²) in [6, 6.07) is 26.7. The number of ether oxygens (including phenoxy) is 5. The molecule has 0 aromatic heterocycles. The van der Waals surface area contributed by atoms with Crippen molar-refractivity contribution in [1.29, 1.82) is 0 Å². The van der Waals surface area contributed by atoms with Gasteiger partial charge in [-0.3, -0.25) is 4.79 Å². The van der Waals surface area contributed by atoms with Gasteiger partial charge in [-0.05, 0) is 47.5 Å². The number of aliphatic hydroxyl groups excluding tert-OH is 8. The van der Waals surface area contributed by atoms with Crippen LogP contribution in [0.15, 0.2) is 97.1 Å². The molecule has 16 heteroatoms. The van der Waals surface area contributed by atoms with E-state index in [1.807, 2.05) is 0 Å². The molecule has 288 valence electrons. The van der Waals surface area contributed by atoms with E-state index >= 15 is 0 Å². The van der Waals surface area contributed by atoms with Gasteiger partial charge in [-0.15, -0.1) is 0 Å². The molecule has 0 bridgehead atoms. The molecule has 2 aliphatic heterocycles. The molecule has 6 rings (SSSR count). The third kappa shape index (κ3) is 9.20. The van der Waals surface area contributed by atoms with Gasteiger partial charge in [0.05, 0.1) is 18.8 Å². The lowest BCUT2D eigenvalue weighted by molar-refractivity contribution is -0.277. The van der Waals surface area contributed by atoms with Crippen molar-refractivity contribution in [1.82, 2.24) is 0 Å². The number of benzene rings is 4. The molecule has 2 saturated heterocycles. The molecule has 4 aromatic rings. The Kier molecular flexibility index (Phi) is 13.7. The van der Waals surface area contributed by atoms with Crippen LogP contribution in [-0.4, -0.2) is 133 Å². The molecule has 0 aliphatic carbocycles. The van der Waals surface area contributed by atoms with Crippen LogP contribution >= 0.6 is 0 Å². The zero-order valence-electron chi connectivity index (χ0n) is 28.4. The van der Waals surface area contributed by atoms with Crippen LogP contribution in [0.4, 0.5) is 0 Å². The number of carbonyl (C=O) groups is 2. The predicted molar refractivity (Wildman–Crippen MR) is 186 cm³/mol. The number of hydrogen-bond acceptors (Lipinski definition) is 15. The minimum absolute atomic E-state index is 0.107. The molecule has 2 fully saturated rings. The molecule has 0 spiro atoms. The molecule has 4 aromatic carbocycles. The Morgan fingerprint density at radius 3 is 1.52 bits per heavy atom. The summed E-state index contributed by atoms with van der Waals surface area (Å²) in [5.41, 5.74) is 2.56. The number of carboxylic acid groups (broad SMARTS) is 1. The Morgan fingerprint density at radius 1 is 0.593 bits per heavy atom. The largest absolute Gasteiger partial charge is 0.478 e. The van der Waals surface area contributed by atoms with Crippen molar-refractivity contribution in [3.63, 3.8) is 0 Å². The van der Waals surface area contributed by atoms with Gasteiger partial charge in [-0.25, -0.2) is 4.79 Å². The van der Waals surface area contributed by atoms with E-state index in [4.69, 9.17) is 23.7 Å². The van der Waals surface area contributed by atoms with E-state index in [2.05, 4.69) is 0 Å². The number of carboxylic acids is 1. The molecular formula is C38H40O16. The van der Waals surface area contributed by atoms with Gasteiger partial charge >= 0.3 is 5.97 Å². The quantitative estimate of drug-likeness (QED) is 0.0933. The lowest BCUT2D eigenvalue weighted by atomic mass is 9.99. The van der Waals surface area contributed by atoms with Gasteiger partial charge in [0.2, 0.25) is 12.6 Å². The Bertz CT molecular complexity index is 1850. The van der Waals surface area contributed by atoms with Gasteiger partial charge in [-0.2, -0.15) is 0 Å². The molecule has 2 heterocycles. The summed E-state index contributed by atoms with van der Waals surface area (Å²) < 4.78 is 27.0. The summed E-state index contributed by atoms with van der Waals surface area (Å²) in [7, 11) is 0. The molecule has 0 radical (unpaired) electrons. The second kappa shape index (κ2) is 18.4. The van der Waals surface area contributed by atoms with Gasteiger partial charge in [0, 0.05) is 11.1 Å². The lowest BCUT2D eigenvalue weighted by Gasteiger charge is -2.39. The number of aromatic carboxylic acids is 1. The number of carbonyl (C=O) groups excluding carboxylic acids is 1. The van der Waals surface area contributed by atoms with Crippen LogP contribution in [0, 0.1) is 0 Å². The molecule has 54 heavy (non-hydrogen) atoms. The molecule has 10 unspecified atom stereocenters. The second-order valence-electron chi connectivity index (χ2n) is 12.3. The number of hydrogen-bond donors (Lipinski definition) is 9. The molecular weight excluding hydrogens is 712 g/mol. The zero-order valence-corrected chi connectivity index (χ0v) is 28.4. The monoisotopic (exact) mass is 752 g/mol. The maximum atomic E-state index is 11.2. The van der Waals surface area contributed by atoms with E-state index < -0.39 is 80.6 Å². The van der Waals surface area contributed by atoms with E-state index in [9.17, 15) is 55.5 Å². The number of aliphatic hydroxyl groups is 8. The summed E-state index contributed by atoms with van der Waals surface area (Å²) in [5.74, 6) is -0.0937. The van der Waals surface area contributed by atoms with Crippen LogP contribution in [0.3, 0.4) is 0 Å². The van der Waals surface area contributed by atoms with Crippen molar-refractivity contribution in [2.24, 2.45) is 0 Å². The van der Waals surface area contributed by atoms with Crippen LogP contribution in [0.25, 0.3) is 22.3 Å². The highest BCUT2D eigenvalue weighted by Gasteiger charge is 2.46. The van der Waals surface area contributed by atoms with E-state index in [1.165, 1.54) is 12.1 Å². The van der Waals surface area contributed by atoms with Crippen molar-refractivity contribution in [3.8, 4) is 39.5 Å². The minimum Gasteiger partial charge on any atom is -0.478 e. The molecule has 0 saturated carbocycles. The normalized spacial score (nSPS) is 27.9. The first-order valence-corrected chi connectivity index (χ1v) is 16.6. The highest BCUT2D eigenvalue weighted by atomic mass is 16.7. The Morgan fingerprint density at radius 2 is 1.06 bits per heavy atom. The SMILES string of the molecule is O=C(O)c1cccc(-c2ccccc2OC2OC(CO)C(O)C(O)C2O)c1.O=COc1cccc(-c2ccccc2OC2OC(CO)C(O)C(O)C2O)c1. The topological polar surface area (TPSA) is 262 Å². The van der Waals surface area contributed by atoms with Gasteiger partial charge in [0.15, 0.2) is 0 Å². The highest BCUT2D eigenvalue weighted by Crippen LogP contribution is 2.35. The summed E-state index contributed by atoms with van der Waals surface area (Å²) >= 11 is 0. The zero-order chi connectivity index (χ0) is 38.9. The average Bonchev–Trinajstić information content (AvgIpc) is 3.19. The van der Waals surface area contributed by atoms with Crippen LogP contribution in [0.5, 0.6) is 17.2 Å². The Labute approximate surface area is 308 Å². The third-order valence-corrected chi connectivity index (χ3v) is 8.71. The number of para-hydroxylation sites is 2. The molecule has 10 atom stereocenters.